The average Bonchev–Trinajstić information content (AvgIpc) is 3.60. The number of rotatable bonds is 11. The summed E-state index contributed by atoms with van der Waals surface area (Å²) >= 11 is 0. The first-order valence-corrected chi connectivity index (χ1v) is 17.7. The van der Waals surface area contributed by atoms with Crippen LogP contribution >= 0.6 is 0 Å². The Kier molecular flexibility index (Phi) is 8.45. The first-order chi connectivity index (χ1) is 20.8. The number of aromatic nitrogens is 7. The van der Waals surface area contributed by atoms with Gasteiger partial charge in [-0.15, -0.1) is 0 Å². The number of nitrogens with zero attached hydrogens (tertiary/aromatic N) is 9. The molecule has 0 aromatic carbocycles. The Morgan fingerprint density at radius 1 is 1.18 bits per heavy atom. The Labute approximate surface area is 252 Å². The third kappa shape index (κ3) is 6.58. The maximum atomic E-state index is 12.8. The van der Waals surface area contributed by atoms with Gasteiger partial charge in [-0.3, -0.25) is 9.48 Å². The molecule has 1 fully saturated rings. The summed E-state index contributed by atoms with van der Waals surface area (Å²) in [6.07, 6.45) is 5.08. The van der Waals surface area contributed by atoms with Gasteiger partial charge in [0.25, 0.3) is 5.91 Å². The maximum Gasteiger partial charge on any atom is 0.408 e. The molecule has 12 nitrogen and oxygen atoms in total. The number of nitrogens with one attached hydrogen (secondary N) is 1. The lowest BCUT2D eigenvalue weighted by Crippen LogP contribution is -2.63. The van der Waals surface area contributed by atoms with Gasteiger partial charge in [0.1, 0.15) is 41.8 Å². The predicted octanol–water partition coefficient (Wildman–Crippen LogP) is 4.21. The average molecular weight is 627 g/mol. The van der Waals surface area contributed by atoms with Crippen LogP contribution < -0.4 is 10.2 Å². The van der Waals surface area contributed by atoms with E-state index in [1.54, 1.807) is 10.9 Å². The normalized spacial score (nSPS) is 15.5. The first-order valence-electron chi connectivity index (χ1n) is 14.0. The van der Waals surface area contributed by atoms with Crippen molar-refractivity contribution in [3.63, 3.8) is 0 Å². The minimum absolute atomic E-state index is 0.179. The van der Waals surface area contributed by atoms with E-state index in [1.165, 1.54) is 12.5 Å². The minimum atomic E-state index is -4.57. The van der Waals surface area contributed by atoms with Crippen molar-refractivity contribution in [2.75, 3.05) is 24.6 Å². The van der Waals surface area contributed by atoms with Gasteiger partial charge in [-0.25, -0.2) is 19.9 Å². The van der Waals surface area contributed by atoms with Gasteiger partial charge in [-0.1, -0.05) is 19.6 Å². The number of amides is 1. The zero-order valence-electron chi connectivity index (χ0n) is 24.8. The van der Waals surface area contributed by atoms with E-state index in [4.69, 9.17) is 4.74 Å². The van der Waals surface area contributed by atoms with Crippen LogP contribution in [-0.4, -0.2) is 80.2 Å². The number of nitriles is 1. The molecule has 5 rings (SSSR count). The largest absolute Gasteiger partial charge is 0.408 e. The number of carbonyl (C=O) groups is 1. The second kappa shape index (κ2) is 12.0. The molecule has 1 aliphatic rings. The molecule has 1 unspecified atom stereocenters. The molecule has 0 aliphatic carbocycles. The summed E-state index contributed by atoms with van der Waals surface area (Å²) in [5, 5.41) is 16.9. The van der Waals surface area contributed by atoms with Crippen LogP contribution in [0.4, 0.5) is 19.0 Å². The number of fused-ring (bicyclic) bond motifs is 1. The zero-order valence-corrected chi connectivity index (χ0v) is 25.8. The Balaban J connectivity index is 1.28. The Morgan fingerprint density at radius 2 is 1.95 bits per heavy atom. The molecule has 5 heterocycles. The number of alkyl halides is 3. The van der Waals surface area contributed by atoms with Crippen LogP contribution in [0, 0.1) is 11.3 Å². The smallest absolute Gasteiger partial charge is 0.361 e. The molecule has 1 saturated heterocycles. The number of anilines is 1. The molecule has 0 saturated carbocycles. The predicted molar refractivity (Wildman–Crippen MR) is 158 cm³/mol. The minimum Gasteiger partial charge on any atom is -0.361 e. The van der Waals surface area contributed by atoms with Gasteiger partial charge in [-0.2, -0.15) is 23.5 Å². The van der Waals surface area contributed by atoms with E-state index in [2.05, 4.69) is 50.7 Å². The van der Waals surface area contributed by atoms with Gasteiger partial charge < -0.3 is 19.5 Å². The lowest BCUT2D eigenvalue weighted by molar-refractivity contribution is -0.149. The zero-order chi connectivity index (χ0) is 31.7. The summed E-state index contributed by atoms with van der Waals surface area (Å²) in [6.45, 7) is 9.65. The Bertz CT molecular complexity index is 1670. The molecule has 0 bridgehead atoms. The van der Waals surface area contributed by atoms with Crippen molar-refractivity contribution in [2.24, 2.45) is 0 Å². The highest BCUT2D eigenvalue weighted by Gasteiger charge is 2.46. The number of hydrogen-bond donors (Lipinski definition) is 1. The Hall–Kier alpha value is -4.36. The summed E-state index contributed by atoms with van der Waals surface area (Å²) in [4.78, 5) is 31.2. The highest BCUT2D eigenvalue weighted by Crippen LogP contribution is 2.36. The van der Waals surface area contributed by atoms with Crippen LogP contribution in [0.5, 0.6) is 0 Å². The van der Waals surface area contributed by atoms with Crippen molar-refractivity contribution in [3.05, 3.63) is 49.1 Å². The number of halogens is 3. The van der Waals surface area contributed by atoms with Crippen LogP contribution in [0.1, 0.15) is 23.8 Å². The van der Waals surface area contributed by atoms with Crippen molar-refractivity contribution < 1.29 is 22.7 Å². The summed E-state index contributed by atoms with van der Waals surface area (Å²) < 4.78 is 48.0. The van der Waals surface area contributed by atoms with E-state index in [1.807, 2.05) is 33.2 Å². The van der Waals surface area contributed by atoms with Crippen molar-refractivity contribution in [1.82, 2.24) is 39.6 Å². The second-order valence-electron chi connectivity index (χ2n) is 12.2. The summed E-state index contributed by atoms with van der Waals surface area (Å²) in [5.41, 5.74) is 1.36. The molecule has 0 spiro atoms. The molecular formula is C28H33F3N10O2Si. The van der Waals surface area contributed by atoms with Crippen molar-refractivity contribution >= 4 is 30.8 Å². The van der Waals surface area contributed by atoms with Gasteiger partial charge in [0, 0.05) is 51.1 Å². The molecule has 1 N–H and O–H groups in total. The summed E-state index contributed by atoms with van der Waals surface area (Å²) in [7, 11) is -1.19. The number of ether oxygens (including phenoxy) is 1. The van der Waals surface area contributed by atoms with E-state index in [0.29, 0.717) is 37.9 Å². The van der Waals surface area contributed by atoms with Crippen LogP contribution in [0.15, 0.2) is 43.4 Å². The molecule has 4 aromatic heterocycles. The number of carbonyl (C=O) groups excluding carboxylic acids is 1. The SMILES string of the molecule is CC(NC(=O)c1cnc(N2CC(CC#N)(n3cc(-c4ncnc5c4ccn5COCC[Si](C)(C)C)cn3)C2)cn1)C(F)(F)F. The fraction of sp³-hybridized carbons (Fsp3) is 0.464. The molecular weight excluding hydrogens is 593 g/mol. The molecule has 16 heteroatoms. The van der Waals surface area contributed by atoms with Crippen molar-refractivity contribution in [2.45, 2.75) is 63.5 Å². The molecule has 232 valence electrons. The lowest BCUT2D eigenvalue weighted by atomic mass is 9.87. The monoisotopic (exact) mass is 626 g/mol. The fourth-order valence-corrected chi connectivity index (χ4v) is 5.61. The maximum absolute atomic E-state index is 12.8. The van der Waals surface area contributed by atoms with Gasteiger partial charge >= 0.3 is 6.18 Å². The first kappa shape index (κ1) is 31.1. The molecule has 4 aromatic rings. The van der Waals surface area contributed by atoms with Gasteiger partial charge in [0.2, 0.25) is 0 Å². The molecule has 0 radical (unpaired) electrons. The highest BCUT2D eigenvalue weighted by molar-refractivity contribution is 6.76. The van der Waals surface area contributed by atoms with Gasteiger partial charge in [0.15, 0.2) is 0 Å². The topological polar surface area (TPSA) is 140 Å². The van der Waals surface area contributed by atoms with Gasteiger partial charge in [0.05, 0.1) is 36.8 Å². The summed E-state index contributed by atoms with van der Waals surface area (Å²) in [5.74, 6) is -0.540. The fourth-order valence-electron chi connectivity index (χ4n) is 4.85. The van der Waals surface area contributed by atoms with E-state index >= 15 is 0 Å². The standard InChI is InChI=1S/C28H33F3N10O2Si/c1-19(28(29,30)31)38-26(42)22-12-34-23(13-33-22)40-15-27(16-40,6-7-32)41-14-20(11-37-41)24-21-5-8-39(25(21)36-17-35-24)18-43-9-10-44(2,3)4/h5,8,11-14,17,19H,6,9-10,15-16,18H2,1-4H3,(H,38,42). The third-order valence-electron chi connectivity index (χ3n) is 7.54. The van der Waals surface area contributed by atoms with Crippen molar-refractivity contribution in [1.29, 1.82) is 5.26 Å². The van der Waals surface area contributed by atoms with E-state index in [-0.39, 0.29) is 12.1 Å². The van der Waals surface area contributed by atoms with Gasteiger partial charge in [-0.05, 0) is 19.0 Å². The quantitative estimate of drug-likeness (QED) is 0.192. The third-order valence-corrected chi connectivity index (χ3v) is 9.24. The van der Waals surface area contributed by atoms with E-state index in [9.17, 15) is 23.2 Å². The lowest BCUT2D eigenvalue weighted by Gasteiger charge is -2.49. The molecule has 44 heavy (non-hydrogen) atoms. The van der Waals surface area contributed by atoms with Crippen LogP contribution in [-0.2, 0) is 17.0 Å². The number of hydrogen-bond acceptors (Lipinski definition) is 9. The van der Waals surface area contributed by atoms with E-state index in [0.717, 1.165) is 35.8 Å². The van der Waals surface area contributed by atoms with Crippen LogP contribution in [0.2, 0.25) is 25.7 Å². The van der Waals surface area contributed by atoms with Crippen LogP contribution in [0.3, 0.4) is 0 Å². The second-order valence-corrected chi connectivity index (χ2v) is 17.8. The van der Waals surface area contributed by atoms with E-state index < -0.39 is 31.7 Å². The van der Waals surface area contributed by atoms with Crippen molar-refractivity contribution in [3.8, 4) is 17.3 Å². The van der Waals surface area contributed by atoms with Crippen LogP contribution in [0.25, 0.3) is 22.3 Å². The Morgan fingerprint density at radius 3 is 2.61 bits per heavy atom. The molecule has 1 aliphatic heterocycles. The summed E-state index contributed by atoms with van der Waals surface area (Å²) in [6, 6.07) is 3.25. The molecule has 1 atom stereocenters. The highest BCUT2D eigenvalue weighted by atomic mass is 28.3. The molecule has 1 amide bonds.